The number of nitrogens with zero attached hydrogens (tertiary/aromatic N) is 1. The fourth-order valence-electron chi connectivity index (χ4n) is 2.53. The first-order valence-electron chi connectivity index (χ1n) is 8.18. The number of hydrogen-bond acceptors (Lipinski definition) is 3. The number of alkyl halides is 3. The molecule has 0 aliphatic rings. The first-order chi connectivity index (χ1) is 14.5. The number of halogens is 7. The van der Waals surface area contributed by atoms with Gasteiger partial charge in [0.2, 0.25) is 5.78 Å². The molecule has 1 heterocycles. The minimum atomic E-state index is -4.77. The molecule has 162 valence electrons. The third kappa shape index (κ3) is 5.17. The van der Waals surface area contributed by atoms with Crippen LogP contribution in [0.3, 0.4) is 0 Å². The largest absolute Gasteiger partial charge is 0.417 e. The van der Waals surface area contributed by atoms with E-state index in [9.17, 15) is 26.6 Å². The molecule has 3 aromatic rings. The van der Waals surface area contributed by atoms with Gasteiger partial charge in [-0.3, -0.25) is 9.52 Å². The van der Waals surface area contributed by atoms with Gasteiger partial charge in [0.05, 0.1) is 36.8 Å². The van der Waals surface area contributed by atoms with Crippen molar-refractivity contribution < 1.29 is 26.6 Å². The maximum atomic E-state index is 14.2. The van der Waals surface area contributed by atoms with Gasteiger partial charge in [0.25, 0.3) is 0 Å². The number of aromatic nitrogens is 1. The molecule has 0 fully saturated rings. The molecule has 3 rings (SSSR count). The fourth-order valence-corrected chi connectivity index (χ4v) is 4.05. The summed E-state index contributed by atoms with van der Waals surface area (Å²) in [5.41, 5.74) is -2.23. The Hall–Kier alpha value is -2.20. The summed E-state index contributed by atoms with van der Waals surface area (Å²) >= 11 is 17.4. The van der Waals surface area contributed by atoms with Gasteiger partial charge in [-0.15, -0.1) is 0 Å². The van der Waals surface area contributed by atoms with E-state index in [1.165, 1.54) is 18.2 Å². The van der Waals surface area contributed by atoms with Crippen molar-refractivity contribution in [2.24, 2.45) is 0 Å². The molecule has 1 unspecified atom stereocenters. The highest BCUT2D eigenvalue weighted by molar-refractivity contribution is 7.86. The summed E-state index contributed by atoms with van der Waals surface area (Å²) < 4.78 is 68.5. The maximum absolute atomic E-state index is 14.2. The molecule has 1 atom stereocenters. The van der Waals surface area contributed by atoms with Crippen molar-refractivity contribution in [3.63, 3.8) is 0 Å². The summed E-state index contributed by atoms with van der Waals surface area (Å²) in [7, 11) is -2.28. The van der Waals surface area contributed by atoms with Crippen molar-refractivity contribution in [1.29, 1.82) is 0 Å². The van der Waals surface area contributed by atoms with Crippen LogP contribution in [0.1, 0.15) is 21.6 Å². The van der Waals surface area contributed by atoms with Gasteiger partial charge in [-0.2, -0.15) is 13.2 Å². The molecule has 4 nitrogen and oxygen atoms in total. The van der Waals surface area contributed by atoms with Crippen LogP contribution in [-0.2, 0) is 17.2 Å². The molecule has 0 amide bonds. The molecule has 31 heavy (non-hydrogen) atoms. The van der Waals surface area contributed by atoms with Crippen LogP contribution in [0.4, 0.5) is 23.2 Å². The molecule has 0 spiro atoms. The highest BCUT2D eigenvalue weighted by Crippen LogP contribution is 2.36. The van der Waals surface area contributed by atoms with Crippen LogP contribution in [0.15, 0.2) is 53.6 Å². The zero-order chi connectivity index (χ0) is 22.9. The summed E-state index contributed by atoms with van der Waals surface area (Å²) in [6.07, 6.45) is -3.67. The van der Waals surface area contributed by atoms with E-state index in [1.807, 2.05) is 0 Å². The Morgan fingerprint density at radius 2 is 1.74 bits per heavy atom. The lowest BCUT2D eigenvalue weighted by Gasteiger charge is -2.13. The number of rotatable bonds is 5. The van der Waals surface area contributed by atoms with Crippen LogP contribution in [0.2, 0.25) is 15.1 Å². The van der Waals surface area contributed by atoms with E-state index in [4.69, 9.17) is 34.8 Å². The lowest BCUT2D eigenvalue weighted by Crippen LogP contribution is -2.14. The Kier molecular flexibility index (Phi) is 6.90. The second-order valence-corrected chi connectivity index (χ2v) is 8.45. The van der Waals surface area contributed by atoms with E-state index in [2.05, 4.69) is 9.71 Å². The number of hydrogen-bond donors (Lipinski definition) is 1. The van der Waals surface area contributed by atoms with Crippen LogP contribution in [0, 0.1) is 5.82 Å². The summed E-state index contributed by atoms with van der Waals surface area (Å²) in [6.45, 7) is 0. The quantitative estimate of drug-likeness (QED) is 0.311. The van der Waals surface area contributed by atoms with Crippen LogP contribution < -0.4 is 4.72 Å². The van der Waals surface area contributed by atoms with Crippen molar-refractivity contribution in [2.75, 3.05) is 4.72 Å². The van der Waals surface area contributed by atoms with Crippen molar-refractivity contribution in [2.45, 2.75) is 11.1 Å². The second kappa shape index (κ2) is 9.12. The first kappa shape index (κ1) is 23.5. The summed E-state index contributed by atoms with van der Waals surface area (Å²) in [4.78, 5) is 16.4. The Morgan fingerprint density at radius 1 is 1.03 bits per heavy atom. The standard InChI is InChI=1S/C19H9Cl3F4N2O2S/c20-9-6-15(17(27-8-9)18(29)16-13(22)2-1-3-14(16)23)28-31(30)10-4-5-12(21)11(7-10)19(24,25)26/h1-8,28H. The number of carbonyl (C=O) groups excluding carboxylic acids is 1. The third-order valence-corrected chi connectivity index (χ3v) is 5.86. The average Bonchev–Trinajstić information content (AvgIpc) is 2.67. The number of pyridine rings is 1. The van der Waals surface area contributed by atoms with Gasteiger partial charge in [0, 0.05) is 6.20 Å². The van der Waals surface area contributed by atoms with Gasteiger partial charge >= 0.3 is 6.18 Å². The number of ketones is 1. The summed E-state index contributed by atoms with van der Waals surface area (Å²) in [6, 6.07) is 7.47. The van der Waals surface area contributed by atoms with Gasteiger partial charge in [-0.25, -0.2) is 13.6 Å². The molecule has 0 saturated heterocycles. The minimum absolute atomic E-state index is 0.0303. The Bertz CT molecular complexity index is 1190. The third-order valence-electron chi connectivity index (χ3n) is 3.92. The molecule has 0 bridgehead atoms. The SMILES string of the molecule is O=C(c1ncc(Cl)cc1NS(=O)c1ccc(Cl)c(C(F)(F)F)c1)c1c(F)cccc1Cl. The van der Waals surface area contributed by atoms with Crippen molar-refractivity contribution >= 4 is 57.3 Å². The average molecular weight is 512 g/mol. The number of carbonyl (C=O) groups is 1. The van der Waals surface area contributed by atoms with Gasteiger partial charge in [-0.1, -0.05) is 40.9 Å². The van der Waals surface area contributed by atoms with Crippen molar-refractivity contribution in [3.05, 3.63) is 86.4 Å². The monoisotopic (exact) mass is 510 g/mol. The van der Waals surface area contributed by atoms with E-state index in [0.717, 1.165) is 24.4 Å². The molecule has 1 aromatic heterocycles. The van der Waals surface area contributed by atoms with Crippen LogP contribution in [-0.4, -0.2) is 15.0 Å². The molecule has 2 aromatic carbocycles. The lowest BCUT2D eigenvalue weighted by atomic mass is 10.1. The summed E-state index contributed by atoms with van der Waals surface area (Å²) in [5, 5.41) is -0.716. The number of anilines is 1. The molecule has 1 N–H and O–H groups in total. The second-order valence-electron chi connectivity index (χ2n) is 5.99. The van der Waals surface area contributed by atoms with E-state index in [0.29, 0.717) is 6.07 Å². The van der Waals surface area contributed by atoms with E-state index < -0.39 is 44.9 Å². The fraction of sp³-hybridized carbons (Fsp3) is 0.0526. The molecule has 0 saturated carbocycles. The van der Waals surface area contributed by atoms with Crippen LogP contribution in [0.25, 0.3) is 0 Å². The van der Waals surface area contributed by atoms with Crippen LogP contribution in [0.5, 0.6) is 0 Å². The van der Waals surface area contributed by atoms with Gasteiger partial charge in [0.15, 0.2) is 0 Å². The van der Waals surface area contributed by atoms with Crippen molar-refractivity contribution in [1.82, 2.24) is 4.98 Å². The Morgan fingerprint density at radius 3 is 2.39 bits per heavy atom. The van der Waals surface area contributed by atoms with E-state index in [-0.39, 0.29) is 26.3 Å². The number of nitrogens with one attached hydrogen (secondary N) is 1. The molecule has 0 radical (unpaired) electrons. The highest BCUT2D eigenvalue weighted by atomic mass is 35.5. The first-order valence-corrected chi connectivity index (χ1v) is 10.5. The predicted molar refractivity (Wildman–Crippen MR) is 111 cm³/mol. The van der Waals surface area contributed by atoms with E-state index >= 15 is 0 Å². The van der Waals surface area contributed by atoms with Crippen molar-refractivity contribution in [3.8, 4) is 0 Å². The molecule has 12 heteroatoms. The zero-order valence-electron chi connectivity index (χ0n) is 14.9. The summed E-state index contributed by atoms with van der Waals surface area (Å²) in [5.74, 6) is -1.85. The predicted octanol–water partition coefficient (Wildman–Crippen LogP) is 6.57. The van der Waals surface area contributed by atoms with Gasteiger partial charge < -0.3 is 0 Å². The van der Waals surface area contributed by atoms with E-state index in [1.54, 1.807) is 0 Å². The van der Waals surface area contributed by atoms with Gasteiger partial charge in [-0.05, 0) is 36.4 Å². The zero-order valence-corrected chi connectivity index (χ0v) is 18.0. The van der Waals surface area contributed by atoms with Gasteiger partial charge in [0.1, 0.15) is 22.5 Å². The Labute approximate surface area is 190 Å². The minimum Gasteiger partial charge on any atom is -0.299 e. The lowest BCUT2D eigenvalue weighted by molar-refractivity contribution is -0.137. The molecular formula is C19H9Cl3F4N2O2S. The maximum Gasteiger partial charge on any atom is 0.417 e. The molecular weight excluding hydrogens is 503 g/mol. The normalized spacial score (nSPS) is 12.5. The molecule has 0 aliphatic heterocycles. The van der Waals surface area contributed by atoms with Crippen LogP contribution >= 0.6 is 34.8 Å². The number of benzene rings is 2. The topological polar surface area (TPSA) is 59.1 Å². The highest BCUT2D eigenvalue weighted by Gasteiger charge is 2.34. The smallest absolute Gasteiger partial charge is 0.299 e. The molecule has 0 aliphatic carbocycles. The Balaban J connectivity index is 2.01.